The lowest BCUT2D eigenvalue weighted by Crippen LogP contribution is -2.49. The maximum absolute atomic E-state index is 12.7. The first kappa shape index (κ1) is 15.7. The first-order valence-corrected chi connectivity index (χ1v) is 9.90. The summed E-state index contributed by atoms with van der Waals surface area (Å²) >= 11 is 0. The SMILES string of the molecule is CN(CC1CCC1)S(=O)(=O)N1CCCC(CNC2CC2)C1. The fourth-order valence-corrected chi connectivity index (χ4v) is 4.91. The van der Waals surface area contributed by atoms with Crippen LogP contribution in [0.3, 0.4) is 0 Å². The zero-order chi connectivity index (χ0) is 14.9. The average molecular weight is 315 g/mol. The fourth-order valence-electron chi connectivity index (χ4n) is 3.35. The van der Waals surface area contributed by atoms with Gasteiger partial charge in [-0.25, -0.2) is 0 Å². The molecule has 0 aromatic carbocycles. The van der Waals surface area contributed by atoms with E-state index in [2.05, 4.69) is 5.32 Å². The van der Waals surface area contributed by atoms with Gasteiger partial charge in [-0.15, -0.1) is 0 Å². The predicted octanol–water partition coefficient (Wildman–Crippen LogP) is 1.43. The number of nitrogens with one attached hydrogen (secondary N) is 1. The Balaban J connectivity index is 1.52. The fraction of sp³-hybridized carbons (Fsp3) is 1.00. The van der Waals surface area contributed by atoms with Crippen LogP contribution in [0.5, 0.6) is 0 Å². The van der Waals surface area contributed by atoms with E-state index in [0.717, 1.165) is 19.4 Å². The second-order valence-electron chi connectivity index (χ2n) is 7.13. The van der Waals surface area contributed by atoms with Crippen LogP contribution < -0.4 is 5.32 Å². The molecule has 0 aromatic rings. The molecule has 0 spiro atoms. The first-order chi connectivity index (χ1) is 10.1. The number of piperidine rings is 1. The van der Waals surface area contributed by atoms with Crippen molar-refractivity contribution >= 4 is 10.2 Å². The minimum absolute atomic E-state index is 0.478. The monoisotopic (exact) mass is 315 g/mol. The van der Waals surface area contributed by atoms with E-state index in [9.17, 15) is 8.42 Å². The summed E-state index contributed by atoms with van der Waals surface area (Å²) in [6.45, 7) is 3.06. The largest absolute Gasteiger partial charge is 0.314 e. The maximum atomic E-state index is 12.7. The summed E-state index contributed by atoms with van der Waals surface area (Å²) < 4.78 is 28.7. The molecule has 1 N–H and O–H groups in total. The Bertz CT molecular complexity index is 446. The van der Waals surface area contributed by atoms with Crippen LogP contribution in [0, 0.1) is 11.8 Å². The van der Waals surface area contributed by atoms with Gasteiger partial charge in [0, 0.05) is 32.7 Å². The van der Waals surface area contributed by atoms with E-state index in [4.69, 9.17) is 0 Å². The van der Waals surface area contributed by atoms with Gasteiger partial charge in [0.15, 0.2) is 0 Å². The summed E-state index contributed by atoms with van der Waals surface area (Å²) in [7, 11) is -1.50. The summed E-state index contributed by atoms with van der Waals surface area (Å²) in [6, 6.07) is 0.707. The van der Waals surface area contributed by atoms with Crippen LogP contribution in [0.2, 0.25) is 0 Å². The third-order valence-electron chi connectivity index (χ3n) is 5.21. The molecule has 5 nitrogen and oxygen atoms in total. The molecule has 0 bridgehead atoms. The van der Waals surface area contributed by atoms with Gasteiger partial charge in [0.05, 0.1) is 0 Å². The maximum Gasteiger partial charge on any atom is 0.281 e. The van der Waals surface area contributed by atoms with Gasteiger partial charge < -0.3 is 5.32 Å². The average Bonchev–Trinajstić information content (AvgIpc) is 3.24. The second-order valence-corrected chi connectivity index (χ2v) is 9.17. The van der Waals surface area contributed by atoms with Crippen molar-refractivity contribution in [1.82, 2.24) is 13.9 Å². The van der Waals surface area contributed by atoms with Gasteiger partial charge in [0.1, 0.15) is 0 Å². The lowest BCUT2D eigenvalue weighted by atomic mass is 9.86. The van der Waals surface area contributed by atoms with E-state index in [0.29, 0.717) is 37.5 Å². The van der Waals surface area contributed by atoms with Gasteiger partial charge in [0.2, 0.25) is 0 Å². The summed E-state index contributed by atoms with van der Waals surface area (Å²) in [6.07, 6.45) is 8.36. The summed E-state index contributed by atoms with van der Waals surface area (Å²) in [4.78, 5) is 0. The normalized spacial score (nSPS) is 28.8. The number of nitrogens with zero attached hydrogens (tertiary/aromatic N) is 2. The summed E-state index contributed by atoms with van der Waals surface area (Å²) in [5.74, 6) is 1.06. The molecular weight excluding hydrogens is 286 g/mol. The van der Waals surface area contributed by atoms with Gasteiger partial charge in [-0.3, -0.25) is 0 Å². The number of rotatable bonds is 7. The zero-order valence-electron chi connectivity index (χ0n) is 13.1. The van der Waals surface area contributed by atoms with Crippen molar-refractivity contribution in [3.63, 3.8) is 0 Å². The molecule has 1 atom stereocenters. The van der Waals surface area contributed by atoms with Crippen molar-refractivity contribution in [3.05, 3.63) is 0 Å². The molecule has 0 amide bonds. The Morgan fingerprint density at radius 1 is 1.10 bits per heavy atom. The van der Waals surface area contributed by atoms with Crippen molar-refractivity contribution in [3.8, 4) is 0 Å². The highest BCUT2D eigenvalue weighted by Gasteiger charge is 2.34. The molecule has 3 fully saturated rings. The van der Waals surface area contributed by atoms with Crippen LogP contribution in [-0.2, 0) is 10.2 Å². The number of hydrogen-bond donors (Lipinski definition) is 1. The highest BCUT2D eigenvalue weighted by molar-refractivity contribution is 7.86. The molecule has 122 valence electrons. The van der Waals surface area contributed by atoms with Crippen molar-refractivity contribution in [2.75, 3.05) is 33.2 Å². The van der Waals surface area contributed by atoms with E-state index in [1.165, 1.54) is 32.1 Å². The Kier molecular flexibility index (Phi) is 4.88. The van der Waals surface area contributed by atoms with Gasteiger partial charge in [-0.05, 0) is 56.9 Å². The third kappa shape index (κ3) is 3.97. The third-order valence-corrected chi connectivity index (χ3v) is 7.14. The minimum atomic E-state index is -3.25. The highest BCUT2D eigenvalue weighted by atomic mass is 32.2. The molecule has 3 aliphatic rings. The molecule has 2 saturated carbocycles. The topological polar surface area (TPSA) is 52.7 Å². The lowest BCUT2D eigenvalue weighted by Gasteiger charge is -2.36. The predicted molar refractivity (Wildman–Crippen MR) is 84.2 cm³/mol. The molecule has 1 heterocycles. The highest BCUT2D eigenvalue weighted by Crippen LogP contribution is 2.29. The molecule has 1 aliphatic heterocycles. The van der Waals surface area contributed by atoms with Gasteiger partial charge in [-0.1, -0.05) is 6.42 Å². The Morgan fingerprint density at radius 2 is 1.81 bits per heavy atom. The van der Waals surface area contributed by atoms with Crippen LogP contribution >= 0.6 is 0 Å². The van der Waals surface area contributed by atoms with E-state index in [1.54, 1.807) is 15.7 Å². The Morgan fingerprint density at radius 3 is 2.43 bits per heavy atom. The van der Waals surface area contributed by atoms with Crippen LogP contribution in [-0.4, -0.2) is 56.3 Å². The van der Waals surface area contributed by atoms with Gasteiger partial charge in [0.25, 0.3) is 10.2 Å². The molecule has 6 heteroatoms. The van der Waals surface area contributed by atoms with Crippen molar-refractivity contribution in [2.24, 2.45) is 11.8 Å². The van der Waals surface area contributed by atoms with Crippen LogP contribution in [0.15, 0.2) is 0 Å². The summed E-state index contributed by atoms with van der Waals surface area (Å²) in [5.41, 5.74) is 0. The Labute approximate surface area is 129 Å². The quantitative estimate of drug-likeness (QED) is 0.773. The number of hydrogen-bond acceptors (Lipinski definition) is 3. The molecule has 3 rings (SSSR count). The van der Waals surface area contributed by atoms with Crippen LogP contribution in [0.1, 0.15) is 44.9 Å². The second kappa shape index (κ2) is 6.52. The molecule has 21 heavy (non-hydrogen) atoms. The van der Waals surface area contributed by atoms with E-state index in [-0.39, 0.29) is 0 Å². The van der Waals surface area contributed by atoms with Crippen molar-refractivity contribution in [2.45, 2.75) is 51.0 Å². The van der Waals surface area contributed by atoms with Crippen LogP contribution in [0.25, 0.3) is 0 Å². The molecule has 1 unspecified atom stereocenters. The van der Waals surface area contributed by atoms with Gasteiger partial charge in [-0.2, -0.15) is 17.0 Å². The standard InChI is InChI=1S/C15H29N3O2S/c1-17(11-13-4-2-5-13)21(19,20)18-9-3-6-14(12-18)10-16-15-7-8-15/h13-16H,2-12H2,1H3. The van der Waals surface area contributed by atoms with E-state index < -0.39 is 10.2 Å². The van der Waals surface area contributed by atoms with Crippen molar-refractivity contribution in [1.29, 1.82) is 0 Å². The van der Waals surface area contributed by atoms with E-state index >= 15 is 0 Å². The molecule has 1 saturated heterocycles. The van der Waals surface area contributed by atoms with Crippen molar-refractivity contribution < 1.29 is 8.42 Å². The molecule has 0 radical (unpaired) electrons. The molecule has 0 aromatic heterocycles. The summed E-state index contributed by atoms with van der Waals surface area (Å²) in [5, 5.41) is 3.54. The first-order valence-electron chi connectivity index (χ1n) is 8.50. The lowest BCUT2D eigenvalue weighted by molar-refractivity contribution is 0.224. The minimum Gasteiger partial charge on any atom is -0.314 e. The molecule has 2 aliphatic carbocycles. The van der Waals surface area contributed by atoms with E-state index in [1.807, 2.05) is 0 Å². The zero-order valence-corrected chi connectivity index (χ0v) is 13.9. The molecular formula is C15H29N3O2S. The van der Waals surface area contributed by atoms with Crippen LogP contribution in [0.4, 0.5) is 0 Å². The van der Waals surface area contributed by atoms with Gasteiger partial charge >= 0.3 is 0 Å². The Hall–Kier alpha value is -0.170. The smallest absolute Gasteiger partial charge is 0.281 e.